The van der Waals surface area contributed by atoms with Gasteiger partial charge in [-0.2, -0.15) is 0 Å². The van der Waals surface area contributed by atoms with E-state index in [1.807, 2.05) is 0 Å². The van der Waals surface area contributed by atoms with Gasteiger partial charge < -0.3 is 10.1 Å². The van der Waals surface area contributed by atoms with Crippen LogP contribution in [-0.2, 0) is 0 Å². The van der Waals surface area contributed by atoms with E-state index in [1.54, 1.807) is 0 Å². The van der Waals surface area contributed by atoms with Crippen LogP contribution in [0.1, 0.15) is 0 Å². The number of hydrogen-bond donors (Lipinski definition) is 0. The summed E-state index contributed by atoms with van der Waals surface area (Å²) in [4.78, 5) is 42.4. The van der Waals surface area contributed by atoms with Gasteiger partial charge in [0.1, 0.15) is 0 Å². The monoisotopic (exact) mass is 359 g/mol. The molecule has 16 heteroatoms. The average Bonchev–Trinajstić information content (AvgIpc) is 2.87. The Balaban J connectivity index is 2.90. The van der Waals surface area contributed by atoms with Crippen LogP contribution in [0, 0.1) is 40.5 Å². The molecule has 0 atom stereocenters. The lowest BCUT2D eigenvalue weighted by atomic mass is 10.2. The molecule has 1 aromatic carbocycles. The van der Waals surface area contributed by atoms with Gasteiger partial charge in [-0.3, -0.25) is 30.3 Å². The molecule has 1 heterocycles. The molecule has 0 radical (unpaired) electrons. The molecule has 0 aliphatic rings. The molecule has 15 nitrogen and oxygen atoms in total. The molecular formula is C8H2ClN7O8. The van der Waals surface area contributed by atoms with Crippen LogP contribution in [0.25, 0.3) is 5.69 Å². The summed E-state index contributed by atoms with van der Waals surface area (Å²) >= 11 is 5.59. The highest BCUT2D eigenvalue weighted by atomic mass is 35.5. The van der Waals surface area contributed by atoms with Crippen LogP contribution in [0.5, 0.6) is 0 Å². The lowest BCUT2D eigenvalue weighted by Gasteiger charge is -2.02. The first-order valence-electron chi connectivity index (χ1n) is 5.52. The highest BCUT2D eigenvalue weighted by molar-refractivity contribution is 6.28. The van der Waals surface area contributed by atoms with E-state index in [9.17, 15) is 40.5 Å². The first-order valence-corrected chi connectivity index (χ1v) is 5.89. The topological polar surface area (TPSA) is 203 Å². The maximum Gasteiger partial charge on any atom is 0.492 e. The highest BCUT2D eigenvalue weighted by Crippen LogP contribution is 2.37. The first kappa shape index (κ1) is 16.6. The number of rotatable bonds is 5. The van der Waals surface area contributed by atoms with Crippen molar-refractivity contribution in [1.82, 2.24) is 14.8 Å². The van der Waals surface area contributed by atoms with E-state index in [1.165, 1.54) is 0 Å². The van der Waals surface area contributed by atoms with Gasteiger partial charge in [0.15, 0.2) is 0 Å². The molecule has 0 amide bonds. The number of nitro benzene ring substituents is 3. The van der Waals surface area contributed by atoms with Crippen molar-refractivity contribution >= 4 is 34.6 Å². The predicted molar refractivity (Wildman–Crippen MR) is 73.0 cm³/mol. The van der Waals surface area contributed by atoms with Crippen molar-refractivity contribution in [2.24, 2.45) is 0 Å². The van der Waals surface area contributed by atoms with E-state index in [2.05, 4.69) is 10.1 Å². The fraction of sp³-hybridized carbons (Fsp3) is 0. The average molecular weight is 360 g/mol. The molecule has 0 spiro atoms. The van der Waals surface area contributed by atoms with Crippen molar-refractivity contribution < 1.29 is 19.7 Å². The normalized spacial score (nSPS) is 10.4. The fourth-order valence-corrected chi connectivity index (χ4v) is 1.89. The lowest BCUT2D eigenvalue weighted by molar-refractivity contribution is -0.403. The molecule has 0 aliphatic carbocycles. The Morgan fingerprint density at radius 3 is 1.71 bits per heavy atom. The van der Waals surface area contributed by atoms with E-state index in [4.69, 9.17) is 11.6 Å². The van der Waals surface area contributed by atoms with Crippen LogP contribution >= 0.6 is 11.6 Å². The third-order valence-corrected chi connectivity index (χ3v) is 2.83. The summed E-state index contributed by atoms with van der Waals surface area (Å²) in [7, 11) is 0. The van der Waals surface area contributed by atoms with Crippen LogP contribution in [0.4, 0.5) is 23.0 Å². The van der Waals surface area contributed by atoms with Gasteiger partial charge in [-0.25, -0.2) is 0 Å². The molecule has 0 saturated heterocycles. The predicted octanol–water partition coefficient (Wildman–Crippen LogP) is 1.55. The fourth-order valence-electron chi connectivity index (χ4n) is 1.69. The van der Waals surface area contributed by atoms with Crippen LogP contribution in [0.2, 0.25) is 5.28 Å². The first-order chi connectivity index (χ1) is 11.1. The van der Waals surface area contributed by atoms with Crippen molar-refractivity contribution in [3.8, 4) is 5.69 Å². The summed E-state index contributed by atoms with van der Waals surface area (Å²) in [6.45, 7) is 0. The SMILES string of the molecule is O=[N+]([O-])c1cc([N+](=O)[O-])c(-n2nc([N+](=O)[O-])nc2Cl)c([N+](=O)[O-])c1. The van der Waals surface area contributed by atoms with Gasteiger partial charge in [0, 0.05) is 5.10 Å². The summed E-state index contributed by atoms with van der Waals surface area (Å²) in [5.41, 5.74) is -4.03. The molecular weight excluding hydrogens is 358 g/mol. The second kappa shape index (κ2) is 5.80. The second-order valence-corrected chi connectivity index (χ2v) is 4.29. The summed E-state index contributed by atoms with van der Waals surface area (Å²) in [5, 5.41) is 46.1. The quantitative estimate of drug-likeness (QED) is 0.555. The van der Waals surface area contributed by atoms with Gasteiger partial charge in [-0.15, -0.1) is 4.68 Å². The number of non-ortho nitro benzene ring substituents is 1. The Hall–Kier alpha value is -3.75. The molecule has 2 rings (SSSR count). The number of benzene rings is 1. The number of nitro groups is 4. The summed E-state index contributed by atoms with van der Waals surface area (Å²) < 4.78 is 0.291. The molecule has 0 aliphatic heterocycles. The summed E-state index contributed by atoms with van der Waals surface area (Å²) in [6.07, 6.45) is 0. The number of hydrogen-bond acceptors (Lipinski definition) is 10. The number of halogens is 1. The standard InChI is InChI=1S/C8H2ClN7O8/c9-7-10-8(16(23)24)11-12(7)6-4(14(19)20)1-3(13(17)18)2-5(6)15(21)22/h1-2H. The van der Waals surface area contributed by atoms with Crippen LogP contribution in [-0.4, -0.2) is 34.5 Å². The van der Waals surface area contributed by atoms with E-state index >= 15 is 0 Å². The van der Waals surface area contributed by atoms with Gasteiger partial charge >= 0.3 is 22.6 Å². The highest BCUT2D eigenvalue weighted by Gasteiger charge is 2.37. The molecule has 0 saturated carbocycles. The van der Waals surface area contributed by atoms with E-state index in [0.717, 1.165) is 0 Å². The zero-order valence-electron chi connectivity index (χ0n) is 10.9. The summed E-state index contributed by atoms with van der Waals surface area (Å²) in [6, 6.07) is 0.873. The van der Waals surface area contributed by atoms with E-state index in [-0.39, 0.29) is 0 Å². The Kier molecular flexibility index (Phi) is 4.02. The van der Waals surface area contributed by atoms with Gasteiger partial charge in [-0.1, -0.05) is 0 Å². The molecule has 1 aromatic heterocycles. The van der Waals surface area contributed by atoms with Gasteiger partial charge in [-0.05, 0) is 21.5 Å². The van der Waals surface area contributed by atoms with Crippen molar-refractivity contribution in [1.29, 1.82) is 0 Å². The maximum atomic E-state index is 11.1. The zero-order chi connectivity index (χ0) is 18.2. The van der Waals surface area contributed by atoms with E-state index in [0.29, 0.717) is 16.8 Å². The minimum absolute atomic E-state index is 0.291. The third-order valence-electron chi connectivity index (χ3n) is 2.59. The Morgan fingerprint density at radius 1 is 0.875 bits per heavy atom. The molecule has 2 aromatic rings. The molecule has 0 fully saturated rings. The van der Waals surface area contributed by atoms with Crippen LogP contribution < -0.4 is 0 Å². The number of aromatic nitrogens is 3. The van der Waals surface area contributed by atoms with Crippen molar-refractivity contribution in [2.45, 2.75) is 0 Å². The maximum absolute atomic E-state index is 11.1. The number of nitrogens with zero attached hydrogens (tertiary/aromatic N) is 7. The van der Waals surface area contributed by atoms with Crippen LogP contribution in [0.15, 0.2) is 12.1 Å². The smallest absolute Gasteiger partial charge is 0.390 e. The molecule has 124 valence electrons. The Morgan fingerprint density at radius 2 is 1.38 bits per heavy atom. The van der Waals surface area contributed by atoms with Gasteiger partial charge in [0.05, 0.1) is 26.9 Å². The summed E-state index contributed by atoms with van der Waals surface area (Å²) in [5.74, 6) is -1.07. The third kappa shape index (κ3) is 2.77. The van der Waals surface area contributed by atoms with Gasteiger partial charge in [0.25, 0.3) is 5.69 Å². The minimum Gasteiger partial charge on any atom is -0.390 e. The van der Waals surface area contributed by atoms with Crippen molar-refractivity contribution in [3.63, 3.8) is 0 Å². The van der Waals surface area contributed by atoms with Gasteiger partial charge in [0.2, 0.25) is 5.69 Å². The largest absolute Gasteiger partial charge is 0.492 e. The lowest BCUT2D eigenvalue weighted by Crippen LogP contribution is -2.07. The van der Waals surface area contributed by atoms with E-state index < -0.39 is 53.7 Å². The van der Waals surface area contributed by atoms with Crippen LogP contribution in [0.3, 0.4) is 0 Å². The Labute approximate surface area is 133 Å². The molecule has 0 bridgehead atoms. The Bertz CT molecular complexity index is 873. The molecule has 24 heavy (non-hydrogen) atoms. The second-order valence-electron chi connectivity index (χ2n) is 3.95. The minimum atomic E-state index is -1.15. The van der Waals surface area contributed by atoms with Crippen molar-refractivity contribution in [3.05, 3.63) is 57.9 Å². The molecule has 0 unspecified atom stereocenters. The zero-order valence-corrected chi connectivity index (χ0v) is 11.7. The van der Waals surface area contributed by atoms with Crippen molar-refractivity contribution in [2.75, 3.05) is 0 Å². The molecule has 0 N–H and O–H groups in total.